The van der Waals surface area contributed by atoms with Crippen LogP contribution in [0.15, 0.2) is 42.5 Å². The van der Waals surface area contributed by atoms with Crippen LogP contribution in [0.5, 0.6) is 5.75 Å². The average Bonchev–Trinajstić information content (AvgIpc) is 2.88. The molecule has 2 aromatic carbocycles. The minimum atomic E-state index is 0.284. The highest BCUT2D eigenvalue weighted by Crippen LogP contribution is 2.32. The van der Waals surface area contributed by atoms with E-state index in [1.54, 1.807) is 23.5 Å². The van der Waals surface area contributed by atoms with Crippen LogP contribution in [0.3, 0.4) is 0 Å². The molecular weight excluding hydrogens is 268 g/mol. The van der Waals surface area contributed by atoms with E-state index in [1.165, 1.54) is 0 Å². The summed E-state index contributed by atoms with van der Waals surface area (Å²) >= 11 is 1.60. The molecule has 0 bridgehead atoms. The first kappa shape index (κ1) is 12.9. The lowest BCUT2D eigenvalue weighted by Gasteiger charge is -2.04. The van der Waals surface area contributed by atoms with E-state index in [2.05, 4.69) is 41.5 Å². The van der Waals surface area contributed by atoms with Crippen molar-refractivity contribution in [2.24, 2.45) is 0 Å². The third-order valence-corrected chi connectivity index (χ3v) is 4.15. The molecule has 102 valence electrons. The van der Waals surface area contributed by atoms with Gasteiger partial charge in [0, 0.05) is 17.8 Å². The van der Waals surface area contributed by atoms with Crippen LogP contribution in [-0.4, -0.2) is 16.6 Å². The molecule has 0 atom stereocenters. The SMILES string of the molecule is CCCNc1ccc(-c2nc3ccc(O)cc3s2)cc1. The first-order chi connectivity index (χ1) is 9.76. The van der Waals surface area contributed by atoms with Gasteiger partial charge in [-0.15, -0.1) is 11.3 Å². The lowest BCUT2D eigenvalue weighted by molar-refractivity contribution is 0.476. The van der Waals surface area contributed by atoms with Crippen LogP contribution >= 0.6 is 11.3 Å². The molecule has 4 heteroatoms. The molecule has 0 amide bonds. The van der Waals surface area contributed by atoms with Crippen molar-refractivity contribution in [2.75, 3.05) is 11.9 Å². The lowest BCUT2D eigenvalue weighted by atomic mass is 10.2. The molecule has 0 aliphatic rings. The molecule has 0 radical (unpaired) electrons. The third kappa shape index (κ3) is 2.60. The van der Waals surface area contributed by atoms with E-state index >= 15 is 0 Å². The van der Waals surface area contributed by atoms with Gasteiger partial charge in [-0.2, -0.15) is 0 Å². The molecule has 0 saturated heterocycles. The Bertz CT molecular complexity index is 719. The highest BCUT2D eigenvalue weighted by atomic mass is 32.1. The van der Waals surface area contributed by atoms with Crippen molar-refractivity contribution in [3.63, 3.8) is 0 Å². The summed E-state index contributed by atoms with van der Waals surface area (Å²) in [5.74, 6) is 0.284. The largest absolute Gasteiger partial charge is 0.508 e. The van der Waals surface area contributed by atoms with Crippen LogP contribution < -0.4 is 5.32 Å². The van der Waals surface area contributed by atoms with Gasteiger partial charge in [0.2, 0.25) is 0 Å². The Kier molecular flexibility index (Phi) is 3.56. The molecule has 0 unspecified atom stereocenters. The van der Waals surface area contributed by atoms with E-state index in [0.717, 1.165) is 39.4 Å². The molecule has 3 rings (SSSR count). The van der Waals surface area contributed by atoms with E-state index in [0.29, 0.717) is 0 Å². The monoisotopic (exact) mass is 284 g/mol. The lowest BCUT2D eigenvalue weighted by Crippen LogP contribution is -1.98. The Hall–Kier alpha value is -2.07. The number of hydrogen-bond acceptors (Lipinski definition) is 4. The van der Waals surface area contributed by atoms with Gasteiger partial charge in [0.25, 0.3) is 0 Å². The number of anilines is 1. The molecule has 0 aliphatic heterocycles. The molecule has 0 aliphatic carbocycles. The topological polar surface area (TPSA) is 45.2 Å². The Morgan fingerprint density at radius 3 is 2.70 bits per heavy atom. The summed E-state index contributed by atoms with van der Waals surface area (Å²) in [5, 5.41) is 13.8. The van der Waals surface area contributed by atoms with Gasteiger partial charge < -0.3 is 10.4 Å². The number of aromatic nitrogens is 1. The van der Waals surface area contributed by atoms with Gasteiger partial charge >= 0.3 is 0 Å². The molecule has 0 fully saturated rings. The van der Waals surface area contributed by atoms with Crippen molar-refractivity contribution < 1.29 is 5.11 Å². The quantitative estimate of drug-likeness (QED) is 0.742. The van der Waals surface area contributed by atoms with Crippen LogP contribution in [-0.2, 0) is 0 Å². The maximum atomic E-state index is 9.50. The Morgan fingerprint density at radius 1 is 1.15 bits per heavy atom. The summed E-state index contributed by atoms with van der Waals surface area (Å²) < 4.78 is 1.01. The Morgan fingerprint density at radius 2 is 1.95 bits per heavy atom. The van der Waals surface area contributed by atoms with E-state index < -0.39 is 0 Å². The van der Waals surface area contributed by atoms with E-state index in [9.17, 15) is 5.11 Å². The number of phenols is 1. The van der Waals surface area contributed by atoms with Crippen LogP contribution in [0.2, 0.25) is 0 Å². The highest BCUT2D eigenvalue weighted by Gasteiger charge is 2.06. The summed E-state index contributed by atoms with van der Waals surface area (Å²) in [5.41, 5.74) is 3.16. The Labute approximate surface area is 121 Å². The molecule has 1 aromatic heterocycles. The Balaban J connectivity index is 1.90. The van der Waals surface area contributed by atoms with E-state index in [-0.39, 0.29) is 5.75 Å². The molecule has 3 nitrogen and oxygen atoms in total. The molecule has 1 heterocycles. The van der Waals surface area contributed by atoms with E-state index in [4.69, 9.17) is 0 Å². The van der Waals surface area contributed by atoms with Crippen molar-refractivity contribution in [3.05, 3.63) is 42.5 Å². The number of fused-ring (bicyclic) bond motifs is 1. The number of benzene rings is 2. The van der Waals surface area contributed by atoms with Crippen LogP contribution in [0.25, 0.3) is 20.8 Å². The zero-order valence-corrected chi connectivity index (χ0v) is 12.1. The standard InChI is InChI=1S/C16H16N2OS/c1-2-9-17-12-5-3-11(4-6-12)16-18-14-8-7-13(19)10-15(14)20-16/h3-8,10,17,19H,2,9H2,1H3. The van der Waals surface area contributed by atoms with Crippen molar-refractivity contribution in [1.29, 1.82) is 0 Å². The maximum Gasteiger partial charge on any atom is 0.124 e. The van der Waals surface area contributed by atoms with Crippen molar-refractivity contribution >= 4 is 27.2 Å². The number of thiazole rings is 1. The summed E-state index contributed by atoms with van der Waals surface area (Å²) in [6, 6.07) is 13.6. The van der Waals surface area contributed by atoms with Crippen molar-refractivity contribution in [3.8, 4) is 16.3 Å². The first-order valence-electron chi connectivity index (χ1n) is 6.70. The summed E-state index contributed by atoms with van der Waals surface area (Å²) in [7, 11) is 0. The fraction of sp³-hybridized carbons (Fsp3) is 0.188. The molecule has 0 spiro atoms. The number of rotatable bonds is 4. The zero-order chi connectivity index (χ0) is 13.9. The predicted molar refractivity (Wildman–Crippen MR) is 85.5 cm³/mol. The van der Waals surface area contributed by atoms with Gasteiger partial charge in [-0.1, -0.05) is 6.92 Å². The fourth-order valence-corrected chi connectivity index (χ4v) is 3.04. The molecule has 2 N–H and O–H groups in total. The second-order valence-corrected chi connectivity index (χ2v) is 5.71. The number of hydrogen-bond donors (Lipinski definition) is 2. The second kappa shape index (κ2) is 5.51. The van der Waals surface area contributed by atoms with Gasteiger partial charge in [-0.3, -0.25) is 0 Å². The van der Waals surface area contributed by atoms with Crippen molar-refractivity contribution in [1.82, 2.24) is 4.98 Å². The number of aromatic hydroxyl groups is 1. The number of nitrogens with zero attached hydrogens (tertiary/aromatic N) is 1. The number of phenolic OH excluding ortho intramolecular Hbond substituents is 1. The highest BCUT2D eigenvalue weighted by molar-refractivity contribution is 7.21. The van der Waals surface area contributed by atoms with Crippen LogP contribution in [0.4, 0.5) is 5.69 Å². The van der Waals surface area contributed by atoms with E-state index in [1.807, 2.05) is 6.07 Å². The van der Waals surface area contributed by atoms with Crippen molar-refractivity contribution in [2.45, 2.75) is 13.3 Å². The third-order valence-electron chi connectivity index (χ3n) is 3.08. The van der Waals surface area contributed by atoms with Crippen LogP contribution in [0, 0.1) is 0 Å². The summed E-state index contributed by atoms with van der Waals surface area (Å²) in [6.45, 7) is 3.14. The van der Waals surface area contributed by atoms with Gasteiger partial charge in [-0.05, 0) is 48.9 Å². The molecule has 0 saturated carbocycles. The molecular formula is C16H16N2OS. The average molecular weight is 284 g/mol. The molecule has 3 aromatic rings. The van der Waals surface area contributed by atoms with Crippen LogP contribution in [0.1, 0.15) is 13.3 Å². The minimum absolute atomic E-state index is 0.284. The summed E-state index contributed by atoms with van der Waals surface area (Å²) in [6.07, 6.45) is 1.11. The zero-order valence-electron chi connectivity index (χ0n) is 11.3. The van der Waals surface area contributed by atoms with Gasteiger partial charge in [0.1, 0.15) is 10.8 Å². The van der Waals surface area contributed by atoms with Gasteiger partial charge in [0.15, 0.2) is 0 Å². The first-order valence-corrected chi connectivity index (χ1v) is 7.52. The fourth-order valence-electron chi connectivity index (χ4n) is 2.04. The minimum Gasteiger partial charge on any atom is -0.508 e. The van der Waals surface area contributed by atoms with Gasteiger partial charge in [-0.25, -0.2) is 4.98 Å². The second-order valence-electron chi connectivity index (χ2n) is 4.68. The summed E-state index contributed by atoms with van der Waals surface area (Å²) in [4.78, 5) is 4.60. The maximum absolute atomic E-state index is 9.50. The normalized spacial score (nSPS) is 10.8. The smallest absolute Gasteiger partial charge is 0.124 e. The predicted octanol–water partition coefficient (Wildman–Crippen LogP) is 4.49. The van der Waals surface area contributed by atoms with Gasteiger partial charge in [0.05, 0.1) is 10.2 Å². The molecule has 20 heavy (non-hydrogen) atoms. The number of nitrogens with one attached hydrogen (secondary N) is 1.